The predicted molar refractivity (Wildman–Crippen MR) is 64.7 cm³/mol. The molecule has 1 N–H and O–H groups in total. The number of rotatable bonds is 4. The van der Waals surface area contributed by atoms with E-state index < -0.39 is 11.9 Å². The van der Waals surface area contributed by atoms with Gasteiger partial charge in [0.15, 0.2) is 0 Å². The van der Waals surface area contributed by atoms with E-state index in [1.807, 2.05) is 0 Å². The Hall–Kier alpha value is -1.10. The van der Waals surface area contributed by atoms with Gasteiger partial charge in [-0.2, -0.15) is 0 Å². The molecule has 98 valence electrons. The van der Waals surface area contributed by atoms with Gasteiger partial charge in [0.25, 0.3) is 0 Å². The summed E-state index contributed by atoms with van der Waals surface area (Å²) < 4.78 is 0. The summed E-state index contributed by atoms with van der Waals surface area (Å²) >= 11 is 0. The molecule has 0 aromatic heterocycles. The van der Waals surface area contributed by atoms with Gasteiger partial charge in [0, 0.05) is 19.5 Å². The second kappa shape index (κ2) is 6.00. The Morgan fingerprint density at radius 2 is 1.94 bits per heavy atom. The van der Waals surface area contributed by atoms with Crippen molar-refractivity contribution in [2.45, 2.75) is 19.8 Å². The Morgan fingerprint density at radius 3 is 2.41 bits per heavy atom. The standard InChI is InChI=1S/C12H22N2O3/c1-9(12(16)17)8-14(3)11(15)10-4-6-13(2)7-5-10/h9-10H,4-8H2,1-3H3,(H,16,17). The highest BCUT2D eigenvalue weighted by atomic mass is 16.4. The first-order valence-electron chi connectivity index (χ1n) is 6.08. The van der Waals surface area contributed by atoms with E-state index in [0.717, 1.165) is 25.9 Å². The summed E-state index contributed by atoms with van der Waals surface area (Å²) in [5.74, 6) is -1.20. The van der Waals surface area contributed by atoms with Crippen molar-refractivity contribution in [1.29, 1.82) is 0 Å². The van der Waals surface area contributed by atoms with Gasteiger partial charge in [-0.1, -0.05) is 6.92 Å². The molecule has 1 amide bonds. The average Bonchev–Trinajstić information content (AvgIpc) is 2.28. The predicted octanol–water partition coefficient (Wildman–Crippen LogP) is 0.507. The highest BCUT2D eigenvalue weighted by molar-refractivity contribution is 5.79. The molecule has 1 unspecified atom stereocenters. The van der Waals surface area contributed by atoms with Crippen LogP contribution in [0, 0.1) is 11.8 Å². The SMILES string of the molecule is CC(CN(C)C(=O)C1CCN(C)CC1)C(=O)O. The second-order valence-electron chi connectivity index (χ2n) is 5.04. The molecular formula is C12H22N2O3. The molecule has 0 bridgehead atoms. The van der Waals surface area contributed by atoms with Gasteiger partial charge in [0.1, 0.15) is 0 Å². The second-order valence-corrected chi connectivity index (χ2v) is 5.04. The molecule has 5 nitrogen and oxygen atoms in total. The molecule has 1 aliphatic heterocycles. The summed E-state index contributed by atoms with van der Waals surface area (Å²) in [6, 6.07) is 0. The van der Waals surface area contributed by atoms with Gasteiger partial charge in [-0.25, -0.2) is 0 Å². The lowest BCUT2D eigenvalue weighted by atomic mass is 9.95. The van der Waals surface area contributed by atoms with Crippen LogP contribution in [-0.2, 0) is 9.59 Å². The summed E-state index contributed by atoms with van der Waals surface area (Å²) in [5.41, 5.74) is 0. The highest BCUT2D eigenvalue weighted by Gasteiger charge is 2.27. The number of amides is 1. The zero-order chi connectivity index (χ0) is 13.0. The van der Waals surface area contributed by atoms with E-state index in [1.54, 1.807) is 18.9 Å². The van der Waals surface area contributed by atoms with Gasteiger partial charge in [0.2, 0.25) is 5.91 Å². The molecule has 5 heteroatoms. The number of aliphatic carboxylic acids is 1. The van der Waals surface area contributed by atoms with Crippen molar-refractivity contribution in [3.05, 3.63) is 0 Å². The molecule has 1 heterocycles. The molecule has 0 radical (unpaired) electrons. The highest BCUT2D eigenvalue weighted by Crippen LogP contribution is 2.18. The molecule has 0 spiro atoms. The van der Waals surface area contributed by atoms with Crippen LogP contribution >= 0.6 is 0 Å². The van der Waals surface area contributed by atoms with Crippen LogP contribution in [0.15, 0.2) is 0 Å². The van der Waals surface area contributed by atoms with Gasteiger partial charge >= 0.3 is 5.97 Å². The first kappa shape index (κ1) is 14.0. The number of carboxylic acid groups (broad SMARTS) is 1. The number of nitrogens with zero attached hydrogens (tertiary/aromatic N) is 2. The fourth-order valence-corrected chi connectivity index (χ4v) is 2.15. The normalized spacial score (nSPS) is 19.9. The maximum absolute atomic E-state index is 12.1. The maximum Gasteiger partial charge on any atom is 0.308 e. The van der Waals surface area contributed by atoms with E-state index in [4.69, 9.17) is 5.11 Å². The van der Waals surface area contributed by atoms with Gasteiger partial charge in [-0.3, -0.25) is 9.59 Å². The molecule has 1 rings (SSSR count). The minimum Gasteiger partial charge on any atom is -0.481 e. The lowest BCUT2D eigenvalue weighted by molar-refractivity contribution is -0.143. The quantitative estimate of drug-likeness (QED) is 0.780. The third-order valence-corrected chi connectivity index (χ3v) is 3.41. The Labute approximate surface area is 102 Å². The topological polar surface area (TPSA) is 60.9 Å². The molecule has 1 fully saturated rings. The summed E-state index contributed by atoms with van der Waals surface area (Å²) in [4.78, 5) is 26.6. The van der Waals surface area contributed by atoms with E-state index in [0.29, 0.717) is 6.54 Å². The van der Waals surface area contributed by atoms with Crippen molar-refractivity contribution in [3.63, 3.8) is 0 Å². The smallest absolute Gasteiger partial charge is 0.308 e. The Morgan fingerprint density at radius 1 is 1.41 bits per heavy atom. The molecule has 0 aliphatic carbocycles. The van der Waals surface area contributed by atoms with Crippen LogP contribution in [0.5, 0.6) is 0 Å². The van der Waals surface area contributed by atoms with Crippen molar-refractivity contribution in [3.8, 4) is 0 Å². The average molecular weight is 242 g/mol. The zero-order valence-corrected chi connectivity index (χ0v) is 10.8. The van der Waals surface area contributed by atoms with Crippen molar-refractivity contribution < 1.29 is 14.7 Å². The van der Waals surface area contributed by atoms with E-state index in [2.05, 4.69) is 11.9 Å². The fraction of sp³-hybridized carbons (Fsp3) is 0.833. The fourth-order valence-electron chi connectivity index (χ4n) is 2.15. The number of hydrogen-bond acceptors (Lipinski definition) is 3. The molecule has 0 aromatic rings. The summed E-state index contributed by atoms with van der Waals surface area (Å²) in [6.07, 6.45) is 1.75. The summed E-state index contributed by atoms with van der Waals surface area (Å²) in [5, 5.41) is 8.81. The van der Waals surface area contributed by atoms with Crippen LogP contribution in [0.4, 0.5) is 0 Å². The van der Waals surface area contributed by atoms with Crippen LogP contribution in [0.3, 0.4) is 0 Å². The van der Waals surface area contributed by atoms with Crippen LogP contribution in [0.25, 0.3) is 0 Å². The molecule has 0 saturated carbocycles. The molecular weight excluding hydrogens is 220 g/mol. The van der Waals surface area contributed by atoms with Crippen molar-refractivity contribution in [2.24, 2.45) is 11.8 Å². The van der Waals surface area contributed by atoms with Gasteiger partial charge in [0.05, 0.1) is 5.92 Å². The van der Waals surface area contributed by atoms with Crippen molar-refractivity contribution >= 4 is 11.9 Å². The largest absolute Gasteiger partial charge is 0.481 e. The Kier molecular flexibility index (Phi) is 4.93. The van der Waals surface area contributed by atoms with Crippen LogP contribution in [0.2, 0.25) is 0 Å². The van der Waals surface area contributed by atoms with E-state index in [9.17, 15) is 9.59 Å². The lowest BCUT2D eigenvalue weighted by Crippen LogP contribution is -2.42. The maximum atomic E-state index is 12.1. The minimum atomic E-state index is -0.854. The minimum absolute atomic E-state index is 0.0668. The molecule has 1 aliphatic rings. The number of carboxylic acids is 1. The van der Waals surface area contributed by atoms with Crippen LogP contribution in [0.1, 0.15) is 19.8 Å². The van der Waals surface area contributed by atoms with Gasteiger partial charge in [-0.05, 0) is 33.0 Å². The number of carbonyl (C=O) groups excluding carboxylic acids is 1. The number of likely N-dealkylation sites (tertiary alicyclic amines) is 1. The molecule has 0 aromatic carbocycles. The van der Waals surface area contributed by atoms with Crippen molar-refractivity contribution in [2.75, 3.05) is 33.7 Å². The lowest BCUT2D eigenvalue weighted by Gasteiger charge is -2.31. The third-order valence-electron chi connectivity index (χ3n) is 3.41. The Bertz CT molecular complexity index is 285. The van der Waals surface area contributed by atoms with Crippen LogP contribution in [-0.4, -0.2) is 60.5 Å². The van der Waals surface area contributed by atoms with Gasteiger partial charge < -0.3 is 14.9 Å². The molecule has 1 atom stereocenters. The zero-order valence-electron chi connectivity index (χ0n) is 10.8. The van der Waals surface area contributed by atoms with E-state index in [-0.39, 0.29) is 11.8 Å². The third kappa shape index (κ3) is 4.00. The van der Waals surface area contributed by atoms with E-state index in [1.165, 1.54) is 0 Å². The molecule has 1 saturated heterocycles. The number of carbonyl (C=O) groups is 2. The number of hydrogen-bond donors (Lipinski definition) is 1. The molecule has 17 heavy (non-hydrogen) atoms. The van der Waals surface area contributed by atoms with Crippen molar-refractivity contribution in [1.82, 2.24) is 9.80 Å². The van der Waals surface area contributed by atoms with E-state index >= 15 is 0 Å². The van der Waals surface area contributed by atoms with Crippen LogP contribution < -0.4 is 0 Å². The first-order chi connectivity index (χ1) is 7.91. The first-order valence-corrected chi connectivity index (χ1v) is 6.08. The Balaban J connectivity index is 2.43. The summed E-state index contributed by atoms with van der Waals surface area (Å²) in [7, 11) is 3.75. The van der Waals surface area contributed by atoms with Gasteiger partial charge in [-0.15, -0.1) is 0 Å². The summed E-state index contributed by atoms with van der Waals surface area (Å²) in [6.45, 7) is 3.80. The number of piperidine rings is 1. The monoisotopic (exact) mass is 242 g/mol.